The van der Waals surface area contributed by atoms with Crippen LogP contribution in [0.2, 0.25) is 0 Å². The fourth-order valence-electron chi connectivity index (χ4n) is 2.43. The monoisotopic (exact) mass is 302 g/mol. The van der Waals surface area contributed by atoms with Gasteiger partial charge in [-0.25, -0.2) is 5.01 Å². The molecule has 0 radical (unpaired) electrons. The number of hydrogen-bond donors (Lipinski definition) is 1. The Kier molecular flexibility index (Phi) is 3.49. The fraction of sp³-hybridized carbons (Fsp3) is 0.400. The second kappa shape index (κ2) is 5.18. The Balaban J connectivity index is 2.17. The van der Waals surface area contributed by atoms with Gasteiger partial charge < -0.3 is 0 Å². The van der Waals surface area contributed by atoms with E-state index in [4.69, 9.17) is 4.99 Å². The summed E-state index contributed by atoms with van der Waals surface area (Å²) in [6.07, 6.45) is 1.03. The van der Waals surface area contributed by atoms with Gasteiger partial charge in [0.05, 0.1) is 5.36 Å². The van der Waals surface area contributed by atoms with E-state index in [2.05, 4.69) is 17.3 Å². The molecule has 21 heavy (non-hydrogen) atoms. The summed E-state index contributed by atoms with van der Waals surface area (Å²) in [5.41, 5.74) is 0.00545. The molecule has 0 saturated carbocycles. The number of carbonyl (C=O) groups excluding carboxylic acids is 1. The maximum absolute atomic E-state index is 12.5. The van der Waals surface area contributed by atoms with Crippen LogP contribution in [0.15, 0.2) is 34.4 Å². The predicted octanol–water partition coefficient (Wildman–Crippen LogP) is 1.01. The maximum Gasteiger partial charge on any atom is 0.276 e. The highest BCUT2D eigenvalue weighted by molar-refractivity contribution is 8.13. The number of thioether (sulfide) groups is 1. The van der Waals surface area contributed by atoms with Gasteiger partial charge in [-0.2, -0.15) is 0 Å². The Morgan fingerprint density at radius 1 is 1.33 bits per heavy atom. The van der Waals surface area contributed by atoms with Crippen LogP contribution >= 0.6 is 11.8 Å². The van der Waals surface area contributed by atoms with Crippen LogP contribution in [0.3, 0.4) is 0 Å². The van der Waals surface area contributed by atoms with Crippen LogP contribution < -0.4 is 15.9 Å². The van der Waals surface area contributed by atoms with Crippen molar-refractivity contribution in [1.29, 1.82) is 0 Å². The van der Waals surface area contributed by atoms with E-state index in [0.717, 1.165) is 22.7 Å². The maximum atomic E-state index is 12.5. The molecule has 0 bridgehead atoms. The molecule has 1 amide bonds. The zero-order valence-electron chi connectivity index (χ0n) is 12.4. The topological polar surface area (TPSA) is 57.1 Å². The summed E-state index contributed by atoms with van der Waals surface area (Å²) in [7, 11) is 0. The molecule has 6 heteroatoms. The number of hydrogen-bond acceptors (Lipinski definition) is 5. The molecule has 0 fully saturated rings. The molecule has 1 N–H and O–H groups in total. The molecule has 0 atom stereocenters. The summed E-state index contributed by atoms with van der Waals surface area (Å²) in [6.45, 7) is 6.03. The van der Waals surface area contributed by atoms with Gasteiger partial charge in [-0.1, -0.05) is 36.9 Å². The third-order valence-corrected chi connectivity index (χ3v) is 4.42. The zero-order valence-corrected chi connectivity index (χ0v) is 13.2. The van der Waals surface area contributed by atoms with Crippen LogP contribution in [-0.4, -0.2) is 27.5 Å². The number of amides is 1. The van der Waals surface area contributed by atoms with Gasteiger partial charge in [-0.3, -0.25) is 15.1 Å². The van der Waals surface area contributed by atoms with Gasteiger partial charge in [-0.15, -0.1) is 5.10 Å². The number of benzene rings is 1. The first-order valence-corrected chi connectivity index (χ1v) is 8.04. The summed E-state index contributed by atoms with van der Waals surface area (Å²) in [6, 6.07) is 7.69. The normalized spacial score (nSPS) is 19.2. The number of fused-ring (bicyclic) bond motifs is 2. The minimum absolute atomic E-state index is 0.112. The van der Waals surface area contributed by atoms with Gasteiger partial charge in [0.15, 0.2) is 5.17 Å². The minimum atomic E-state index is -0.570. The number of nitrogens with zero attached hydrogens (tertiary/aromatic N) is 3. The lowest BCUT2D eigenvalue weighted by Crippen LogP contribution is -2.56. The van der Waals surface area contributed by atoms with Crippen LogP contribution in [0.25, 0.3) is 5.70 Å². The van der Waals surface area contributed by atoms with Gasteiger partial charge in [0, 0.05) is 11.0 Å². The SMILES string of the molecule is CCCSC1=NN2C(=c3ccccc3=NC2(C)C)C(=O)N1. The first-order chi connectivity index (χ1) is 10.0. The highest BCUT2D eigenvalue weighted by atomic mass is 32.2. The van der Waals surface area contributed by atoms with Crippen molar-refractivity contribution in [3.8, 4) is 0 Å². The van der Waals surface area contributed by atoms with Crippen LogP contribution in [0.1, 0.15) is 27.2 Å². The number of carbonyl (C=O) groups is 1. The van der Waals surface area contributed by atoms with Gasteiger partial charge in [0.1, 0.15) is 11.4 Å². The molecule has 0 aromatic heterocycles. The van der Waals surface area contributed by atoms with Gasteiger partial charge in [0.25, 0.3) is 5.91 Å². The molecule has 0 spiro atoms. The summed E-state index contributed by atoms with van der Waals surface area (Å²) in [4.78, 5) is 17.2. The first-order valence-electron chi connectivity index (χ1n) is 7.05. The fourth-order valence-corrected chi connectivity index (χ4v) is 3.13. The molecule has 5 nitrogen and oxygen atoms in total. The largest absolute Gasteiger partial charge is 0.298 e. The second-order valence-electron chi connectivity index (χ2n) is 5.49. The lowest BCUT2D eigenvalue weighted by Gasteiger charge is -2.38. The number of nitrogens with one attached hydrogen (secondary N) is 1. The van der Waals surface area contributed by atoms with Gasteiger partial charge in [0.2, 0.25) is 0 Å². The zero-order chi connectivity index (χ0) is 15.0. The van der Waals surface area contributed by atoms with E-state index in [0.29, 0.717) is 10.9 Å². The van der Waals surface area contributed by atoms with E-state index in [1.54, 1.807) is 16.8 Å². The van der Waals surface area contributed by atoms with E-state index >= 15 is 0 Å². The third-order valence-electron chi connectivity index (χ3n) is 3.35. The van der Waals surface area contributed by atoms with Crippen molar-refractivity contribution in [2.45, 2.75) is 32.9 Å². The average molecular weight is 302 g/mol. The highest BCUT2D eigenvalue weighted by Gasteiger charge is 2.38. The molecule has 3 rings (SSSR count). The van der Waals surface area contributed by atoms with Crippen molar-refractivity contribution in [2.24, 2.45) is 10.1 Å². The van der Waals surface area contributed by atoms with Crippen LogP contribution in [-0.2, 0) is 4.79 Å². The van der Waals surface area contributed by atoms with E-state index in [1.807, 2.05) is 38.1 Å². The van der Waals surface area contributed by atoms with Crippen molar-refractivity contribution in [3.05, 3.63) is 34.8 Å². The van der Waals surface area contributed by atoms with Crippen LogP contribution in [0, 0.1) is 0 Å². The van der Waals surface area contributed by atoms with Crippen molar-refractivity contribution in [1.82, 2.24) is 10.3 Å². The Morgan fingerprint density at radius 2 is 2.10 bits per heavy atom. The lowest BCUT2D eigenvalue weighted by molar-refractivity contribution is -0.116. The predicted molar refractivity (Wildman–Crippen MR) is 84.9 cm³/mol. The summed E-state index contributed by atoms with van der Waals surface area (Å²) < 4.78 is 0. The van der Waals surface area contributed by atoms with E-state index in [9.17, 15) is 4.79 Å². The third kappa shape index (κ3) is 2.44. The molecule has 0 saturated heterocycles. The van der Waals surface area contributed by atoms with Crippen molar-refractivity contribution in [2.75, 3.05) is 5.75 Å². The average Bonchev–Trinajstić information content (AvgIpc) is 2.44. The number of para-hydroxylation sites is 1. The lowest BCUT2D eigenvalue weighted by atomic mass is 10.1. The van der Waals surface area contributed by atoms with E-state index in [-0.39, 0.29) is 5.91 Å². The second-order valence-corrected chi connectivity index (χ2v) is 6.58. The van der Waals surface area contributed by atoms with Gasteiger partial charge >= 0.3 is 0 Å². The molecule has 0 aliphatic carbocycles. The van der Waals surface area contributed by atoms with E-state index in [1.165, 1.54) is 0 Å². The summed E-state index contributed by atoms with van der Waals surface area (Å²) in [5.74, 6) is 0.815. The quantitative estimate of drug-likeness (QED) is 0.887. The first kappa shape index (κ1) is 14.1. The number of amidine groups is 1. The van der Waals surface area contributed by atoms with Gasteiger partial charge in [-0.05, 0) is 26.3 Å². The molecule has 110 valence electrons. The molecular weight excluding hydrogens is 284 g/mol. The molecule has 2 aliphatic rings. The van der Waals surface area contributed by atoms with Crippen molar-refractivity contribution >= 4 is 28.5 Å². The molecule has 1 aromatic rings. The molecule has 2 aliphatic heterocycles. The molecule has 0 unspecified atom stereocenters. The molecule has 1 aromatic carbocycles. The van der Waals surface area contributed by atoms with Crippen molar-refractivity contribution < 1.29 is 4.79 Å². The number of rotatable bonds is 2. The Bertz CT molecular complexity index is 738. The standard InChI is InChI=1S/C15H18N4OS/c1-4-9-21-14-16-13(20)12-10-7-5-6-8-11(10)17-15(2,3)19(12)18-14/h5-8H,4,9H2,1-3H3,(H,16,18,20). The van der Waals surface area contributed by atoms with Crippen LogP contribution in [0.5, 0.6) is 0 Å². The van der Waals surface area contributed by atoms with E-state index < -0.39 is 5.66 Å². The molecular formula is C15H18N4OS. The Hall–Kier alpha value is -1.82. The number of hydrazone groups is 1. The molecule has 2 heterocycles. The highest BCUT2D eigenvalue weighted by Crippen LogP contribution is 2.27. The Morgan fingerprint density at radius 3 is 2.86 bits per heavy atom. The smallest absolute Gasteiger partial charge is 0.276 e. The summed E-state index contributed by atoms with van der Waals surface area (Å²) >= 11 is 1.56. The Labute approximate surface area is 127 Å². The summed E-state index contributed by atoms with van der Waals surface area (Å²) in [5, 5.41) is 11.5. The minimum Gasteiger partial charge on any atom is -0.298 e. The van der Waals surface area contributed by atoms with Crippen molar-refractivity contribution in [3.63, 3.8) is 0 Å². The van der Waals surface area contributed by atoms with Crippen LogP contribution in [0.4, 0.5) is 0 Å².